The molecule has 3 aromatic heterocycles. The second-order valence-corrected chi connectivity index (χ2v) is 7.11. The highest BCUT2D eigenvalue weighted by Gasteiger charge is 2.21. The van der Waals surface area contributed by atoms with Crippen molar-refractivity contribution in [2.24, 2.45) is 0 Å². The van der Waals surface area contributed by atoms with E-state index >= 15 is 0 Å². The Bertz CT molecular complexity index is 1230. The predicted molar refractivity (Wildman–Crippen MR) is 110 cm³/mol. The Morgan fingerprint density at radius 1 is 0.933 bits per heavy atom. The molecular formula is C21H19F2N7. The highest BCUT2D eigenvalue weighted by molar-refractivity contribution is 5.81. The summed E-state index contributed by atoms with van der Waals surface area (Å²) in [4.78, 5) is 20.3. The minimum atomic E-state index is -0.695. The SMILES string of the molecule is Cc1nccc(-n2c(-c3ccc(F)cc3F)nc3ccc(N4CCNCC4)nc32)n1. The van der Waals surface area contributed by atoms with Gasteiger partial charge in [0.05, 0.1) is 5.56 Å². The number of hydrogen-bond acceptors (Lipinski definition) is 6. The van der Waals surface area contributed by atoms with Gasteiger partial charge in [-0.25, -0.2) is 28.7 Å². The highest BCUT2D eigenvalue weighted by atomic mass is 19.1. The second-order valence-electron chi connectivity index (χ2n) is 7.11. The van der Waals surface area contributed by atoms with Crippen molar-refractivity contribution < 1.29 is 8.78 Å². The Labute approximate surface area is 171 Å². The van der Waals surface area contributed by atoms with E-state index in [1.807, 2.05) is 12.1 Å². The smallest absolute Gasteiger partial charge is 0.168 e. The standard InChI is InChI=1S/C21H19F2N7/c1-13-25-7-6-19(26-13)30-20(15-3-2-14(22)12-16(15)23)27-17-4-5-18(28-21(17)30)29-10-8-24-9-11-29/h2-7,12,24H,8-11H2,1H3. The average Bonchev–Trinajstić information content (AvgIpc) is 3.12. The van der Waals surface area contributed by atoms with Gasteiger partial charge in [-0.05, 0) is 37.3 Å². The van der Waals surface area contributed by atoms with Crippen molar-refractivity contribution in [2.45, 2.75) is 6.92 Å². The summed E-state index contributed by atoms with van der Waals surface area (Å²) in [6.45, 7) is 5.24. The number of fused-ring (bicyclic) bond motifs is 1. The summed E-state index contributed by atoms with van der Waals surface area (Å²) in [5.41, 5.74) is 1.33. The van der Waals surface area contributed by atoms with Crippen LogP contribution in [0.1, 0.15) is 5.82 Å². The van der Waals surface area contributed by atoms with Crippen molar-refractivity contribution in [1.29, 1.82) is 0 Å². The molecular weight excluding hydrogens is 388 g/mol. The molecule has 1 N–H and O–H groups in total. The van der Waals surface area contributed by atoms with E-state index in [1.165, 1.54) is 12.1 Å². The van der Waals surface area contributed by atoms with Crippen molar-refractivity contribution >= 4 is 17.0 Å². The quantitative estimate of drug-likeness (QED) is 0.563. The van der Waals surface area contributed by atoms with Crippen molar-refractivity contribution in [3.63, 3.8) is 0 Å². The minimum Gasteiger partial charge on any atom is -0.354 e. The lowest BCUT2D eigenvalue weighted by Crippen LogP contribution is -2.43. The third-order valence-electron chi connectivity index (χ3n) is 5.09. The van der Waals surface area contributed by atoms with Crippen LogP contribution >= 0.6 is 0 Å². The Balaban J connectivity index is 1.75. The molecule has 0 spiro atoms. The zero-order valence-electron chi connectivity index (χ0n) is 16.3. The van der Waals surface area contributed by atoms with E-state index in [4.69, 9.17) is 4.98 Å². The van der Waals surface area contributed by atoms with Crippen molar-refractivity contribution in [3.8, 4) is 17.2 Å². The molecule has 4 aromatic rings. The number of piperazine rings is 1. The molecule has 5 rings (SSSR count). The molecule has 7 nitrogen and oxygen atoms in total. The summed E-state index contributed by atoms with van der Waals surface area (Å²) in [5.74, 6) is 0.884. The summed E-state index contributed by atoms with van der Waals surface area (Å²) in [6, 6.07) is 8.96. The van der Waals surface area contributed by atoms with Crippen LogP contribution in [0.4, 0.5) is 14.6 Å². The number of rotatable bonds is 3. The summed E-state index contributed by atoms with van der Waals surface area (Å²) in [5, 5.41) is 3.33. The number of hydrogen-bond donors (Lipinski definition) is 1. The van der Waals surface area contributed by atoms with Gasteiger partial charge in [0.1, 0.15) is 34.6 Å². The fourth-order valence-electron chi connectivity index (χ4n) is 3.65. The molecule has 1 fully saturated rings. The van der Waals surface area contributed by atoms with E-state index in [2.05, 4.69) is 25.2 Å². The van der Waals surface area contributed by atoms with Crippen LogP contribution in [0.25, 0.3) is 28.4 Å². The van der Waals surface area contributed by atoms with Crippen LogP contribution in [-0.4, -0.2) is 50.7 Å². The van der Waals surface area contributed by atoms with Gasteiger partial charge >= 0.3 is 0 Å². The van der Waals surface area contributed by atoms with E-state index in [0.717, 1.165) is 38.1 Å². The van der Waals surface area contributed by atoms with Crippen LogP contribution in [0, 0.1) is 18.6 Å². The zero-order valence-corrected chi connectivity index (χ0v) is 16.3. The maximum absolute atomic E-state index is 14.6. The molecule has 0 amide bonds. The van der Waals surface area contributed by atoms with Gasteiger partial charge < -0.3 is 10.2 Å². The largest absolute Gasteiger partial charge is 0.354 e. The van der Waals surface area contributed by atoms with Gasteiger partial charge in [-0.15, -0.1) is 0 Å². The molecule has 30 heavy (non-hydrogen) atoms. The normalized spacial score (nSPS) is 14.4. The summed E-state index contributed by atoms with van der Waals surface area (Å²) < 4.78 is 29.8. The molecule has 1 aliphatic rings. The number of imidazole rings is 1. The molecule has 1 aromatic carbocycles. The third kappa shape index (κ3) is 3.26. The molecule has 0 bridgehead atoms. The number of aryl methyl sites for hydroxylation is 1. The Hall–Kier alpha value is -3.46. The van der Waals surface area contributed by atoms with Crippen molar-refractivity contribution in [2.75, 3.05) is 31.1 Å². The first-order valence-electron chi connectivity index (χ1n) is 9.71. The number of nitrogens with one attached hydrogen (secondary N) is 1. The molecule has 4 heterocycles. The monoisotopic (exact) mass is 407 g/mol. The van der Waals surface area contributed by atoms with E-state index in [0.29, 0.717) is 28.6 Å². The average molecular weight is 407 g/mol. The Morgan fingerprint density at radius 2 is 1.77 bits per heavy atom. The Kier molecular flexibility index (Phi) is 4.59. The Morgan fingerprint density at radius 3 is 2.53 bits per heavy atom. The fourth-order valence-corrected chi connectivity index (χ4v) is 3.65. The lowest BCUT2D eigenvalue weighted by Gasteiger charge is -2.28. The van der Waals surface area contributed by atoms with Gasteiger partial charge in [-0.1, -0.05) is 0 Å². The van der Waals surface area contributed by atoms with Crippen LogP contribution in [-0.2, 0) is 0 Å². The van der Waals surface area contributed by atoms with Crippen molar-refractivity contribution in [3.05, 3.63) is 60.1 Å². The molecule has 1 saturated heterocycles. The molecule has 0 saturated carbocycles. The van der Waals surface area contributed by atoms with Crippen LogP contribution in [0.15, 0.2) is 42.6 Å². The first-order valence-corrected chi connectivity index (χ1v) is 9.71. The first kappa shape index (κ1) is 18.6. The van der Waals surface area contributed by atoms with Crippen LogP contribution < -0.4 is 10.2 Å². The third-order valence-corrected chi connectivity index (χ3v) is 5.09. The van der Waals surface area contributed by atoms with Gasteiger partial charge in [0.2, 0.25) is 0 Å². The minimum absolute atomic E-state index is 0.175. The topological polar surface area (TPSA) is 71.8 Å². The molecule has 0 aliphatic carbocycles. The first-order chi connectivity index (χ1) is 14.6. The summed E-state index contributed by atoms with van der Waals surface area (Å²) >= 11 is 0. The maximum atomic E-state index is 14.6. The number of nitrogens with zero attached hydrogens (tertiary/aromatic N) is 6. The lowest BCUT2D eigenvalue weighted by atomic mass is 10.2. The molecule has 0 atom stereocenters. The van der Waals surface area contributed by atoms with E-state index in [1.54, 1.807) is 23.8 Å². The van der Waals surface area contributed by atoms with Crippen LogP contribution in [0.2, 0.25) is 0 Å². The predicted octanol–water partition coefficient (Wildman–Crippen LogP) is 2.87. The lowest BCUT2D eigenvalue weighted by molar-refractivity contribution is 0.584. The number of aromatic nitrogens is 5. The van der Waals surface area contributed by atoms with Gasteiger partial charge in [0.25, 0.3) is 0 Å². The molecule has 0 radical (unpaired) electrons. The van der Waals surface area contributed by atoms with Gasteiger partial charge in [-0.2, -0.15) is 0 Å². The van der Waals surface area contributed by atoms with Crippen LogP contribution in [0.5, 0.6) is 0 Å². The van der Waals surface area contributed by atoms with Gasteiger partial charge in [-0.3, -0.25) is 4.57 Å². The number of anilines is 1. The van der Waals surface area contributed by atoms with Crippen LogP contribution in [0.3, 0.4) is 0 Å². The number of pyridine rings is 1. The van der Waals surface area contributed by atoms with Gasteiger partial charge in [0.15, 0.2) is 11.5 Å². The fraction of sp³-hybridized carbons (Fsp3) is 0.238. The summed E-state index contributed by atoms with van der Waals surface area (Å²) in [7, 11) is 0. The zero-order chi connectivity index (χ0) is 20.7. The maximum Gasteiger partial charge on any atom is 0.168 e. The highest BCUT2D eigenvalue weighted by Crippen LogP contribution is 2.30. The van der Waals surface area contributed by atoms with E-state index < -0.39 is 11.6 Å². The summed E-state index contributed by atoms with van der Waals surface area (Å²) in [6.07, 6.45) is 1.63. The number of benzene rings is 1. The van der Waals surface area contributed by atoms with E-state index in [9.17, 15) is 8.78 Å². The second kappa shape index (κ2) is 7.42. The van der Waals surface area contributed by atoms with Crippen molar-refractivity contribution in [1.82, 2.24) is 29.8 Å². The molecule has 152 valence electrons. The van der Waals surface area contributed by atoms with E-state index in [-0.39, 0.29) is 5.56 Å². The molecule has 0 unspecified atom stereocenters. The molecule has 1 aliphatic heterocycles. The molecule has 9 heteroatoms. The van der Waals surface area contributed by atoms with Gasteiger partial charge in [0, 0.05) is 38.4 Å². The number of halogens is 2.